The zero-order valence-corrected chi connectivity index (χ0v) is 20.5. The van der Waals surface area contributed by atoms with E-state index in [2.05, 4.69) is 23.7 Å². The number of carbonyl (C=O) groups excluding carboxylic acids is 1. The lowest BCUT2D eigenvalue weighted by Crippen LogP contribution is -2.58. The van der Waals surface area contributed by atoms with E-state index in [0.29, 0.717) is 44.3 Å². The van der Waals surface area contributed by atoms with Crippen LogP contribution in [0.3, 0.4) is 0 Å². The zero-order chi connectivity index (χ0) is 23.3. The van der Waals surface area contributed by atoms with Gasteiger partial charge in [-0.3, -0.25) is 9.69 Å². The first-order chi connectivity index (χ1) is 16.0. The van der Waals surface area contributed by atoms with Gasteiger partial charge in [0, 0.05) is 44.1 Å². The van der Waals surface area contributed by atoms with Gasteiger partial charge < -0.3 is 19.5 Å². The Labute approximate surface area is 200 Å². The van der Waals surface area contributed by atoms with Crippen molar-refractivity contribution >= 4 is 17.2 Å². The largest absolute Gasteiger partial charge is 0.492 e. The van der Waals surface area contributed by atoms with Crippen LogP contribution < -0.4 is 4.74 Å². The Kier molecular flexibility index (Phi) is 8.01. The number of hydrogen-bond acceptors (Lipinski definition) is 7. The molecule has 0 aliphatic carbocycles. The van der Waals surface area contributed by atoms with Crippen molar-refractivity contribution in [1.29, 1.82) is 0 Å². The number of carbonyl (C=O) groups is 1. The van der Waals surface area contributed by atoms with Gasteiger partial charge in [-0.2, -0.15) is 0 Å². The van der Waals surface area contributed by atoms with Crippen molar-refractivity contribution in [2.24, 2.45) is 0 Å². The number of hydrogen-bond donors (Lipinski definition) is 1. The van der Waals surface area contributed by atoms with Gasteiger partial charge in [-0.1, -0.05) is 32.0 Å². The SMILES string of the molecule is CC(C)c1nc(C(=O)N2CCOC3(CCN(CCOc4ccccc4CCO)CC3)C2)cs1. The Morgan fingerprint density at radius 3 is 2.79 bits per heavy atom. The summed E-state index contributed by atoms with van der Waals surface area (Å²) in [5.41, 5.74) is 1.35. The van der Waals surface area contributed by atoms with E-state index < -0.39 is 0 Å². The molecule has 3 heterocycles. The molecule has 1 spiro atoms. The average molecular weight is 474 g/mol. The van der Waals surface area contributed by atoms with Crippen LogP contribution in [0.1, 0.15) is 53.7 Å². The van der Waals surface area contributed by atoms with Crippen LogP contribution in [0.5, 0.6) is 5.75 Å². The van der Waals surface area contributed by atoms with E-state index in [9.17, 15) is 9.90 Å². The second-order valence-corrected chi connectivity index (χ2v) is 10.1. The average Bonchev–Trinajstić information content (AvgIpc) is 3.32. The molecule has 8 heteroatoms. The highest BCUT2D eigenvalue weighted by Crippen LogP contribution is 2.31. The fourth-order valence-corrected chi connectivity index (χ4v) is 5.38. The third kappa shape index (κ3) is 5.93. The molecule has 2 aliphatic rings. The summed E-state index contributed by atoms with van der Waals surface area (Å²) in [6.45, 7) is 9.49. The van der Waals surface area contributed by atoms with Crippen molar-refractivity contribution in [3.8, 4) is 5.75 Å². The summed E-state index contributed by atoms with van der Waals surface area (Å²) in [5.74, 6) is 1.22. The molecule has 1 aromatic heterocycles. The Bertz CT molecular complexity index is 924. The van der Waals surface area contributed by atoms with Gasteiger partial charge in [0.1, 0.15) is 18.1 Å². The van der Waals surface area contributed by atoms with Gasteiger partial charge >= 0.3 is 0 Å². The van der Waals surface area contributed by atoms with Crippen molar-refractivity contribution in [2.75, 3.05) is 52.5 Å². The van der Waals surface area contributed by atoms with Gasteiger partial charge in [0.25, 0.3) is 5.91 Å². The molecule has 0 radical (unpaired) electrons. The number of amides is 1. The lowest BCUT2D eigenvalue weighted by Gasteiger charge is -2.47. The molecule has 7 nitrogen and oxygen atoms in total. The van der Waals surface area contributed by atoms with Gasteiger partial charge in [-0.15, -0.1) is 11.3 Å². The number of piperidine rings is 1. The van der Waals surface area contributed by atoms with Crippen LogP contribution >= 0.6 is 11.3 Å². The quantitative estimate of drug-likeness (QED) is 0.635. The first kappa shape index (κ1) is 24.1. The molecule has 1 N–H and O–H groups in total. The number of ether oxygens (including phenoxy) is 2. The number of aliphatic hydroxyl groups is 1. The predicted octanol–water partition coefficient (Wildman–Crippen LogP) is 3.19. The van der Waals surface area contributed by atoms with Crippen molar-refractivity contribution in [2.45, 2.75) is 44.6 Å². The summed E-state index contributed by atoms with van der Waals surface area (Å²) in [7, 11) is 0. The number of nitrogens with zero attached hydrogens (tertiary/aromatic N) is 3. The highest BCUT2D eigenvalue weighted by molar-refractivity contribution is 7.09. The minimum Gasteiger partial charge on any atom is -0.492 e. The van der Waals surface area contributed by atoms with Crippen LogP contribution in [-0.4, -0.2) is 83.9 Å². The third-order valence-corrected chi connectivity index (χ3v) is 7.70. The number of thiazole rings is 1. The summed E-state index contributed by atoms with van der Waals surface area (Å²) in [6.07, 6.45) is 2.42. The summed E-state index contributed by atoms with van der Waals surface area (Å²) in [5, 5.41) is 12.1. The van der Waals surface area contributed by atoms with Gasteiger partial charge in [-0.05, 0) is 30.9 Å². The fraction of sp³-hybridized carbons (Fsp3) is 0.600. The summed E-state index contributed by atoms with van der Waals surface area (Å²) in [4.78, 5) is 21.9. The molecule has 0 saturated carbocycles. The highest BCUT2D eigenvalue weighted by atomic mass is 32.1. The van der Waals surface area contributed by atoms with Crippen LogP contribution in [-0.2, 0) is 11.2 Å². The topological polar surface area (TPSA) is 75.1 Å². The summed E-state index contributed by atoms with van der Waals surface area (Å²) < 4.78 is 12.2. The Hall–Kier alpha value is -2.00. The van der Waals surface area contributed by atoms with Crippen LogP contribution in [0.4, 0.5) is 0 Å². The molecule has 2 saturated heterocycles. The maximum absolute atomic E-state index is 13.0. The third-order valence-electron chi connectivity index (χ3n) is 6.56. The van der Waals surface area contributed by atoms with E-state index in [0.717, 1.165) is 48.8 Å². The van der Waals surface area contributed by atoms with Gasteiger partial charge in [0.2, 0.25) is 0 Å². The second-order valence-electron chi connectivity index (χ2n) is 9.26. The van der Waals surface area contributed by atoms with Crippen LogP contribution in [0, 0.1) is 0 Å². The molecule has 180 valence electrons. The number of benzene rings is 1. The minimum absolute atomic E-state index is 0.0261. The molecular formula is C25H35N3O4S. The Balaban J connectivity index is 1.26. The number of para-hydroxylation sites is 1. The first-order valence-corrected chi connectivity index (χ1v) is 12.8. The van der Waals surface area contributed by atoms with Gasteiger partial charge in [0.15, 0.2) is 0 Å². The van der Waals surface area contributed by atoms with E-state index in [1.54, 1.807) is 11.3 Å². The zero-order valence-electron chi connectivity index (χ0n) is 19.7. The van der Waals surface area contributed by atoms with E-state index in [-0.39, 0.29) is 18.1 Å². The van der Waals surface area contributed by atoms with E-state index in [4.69, 9.17) is 9.47 Å². The lowest BCUT2D eigenvalue weighted by molar-refractivity contribution is -0.127. The van der Waals surface area contributed by atoms with Crippen molar-refractivity contribution < 1.29 is 19.4 Å². The normalized spacial score (nSPS) is 18.7. The molecule has 33 heavy (non-hydrogen) atoms. The second kappa shape index (κ2) is 11.0. The van der Waals surface area contributed by atoms with Gasteiger partial charge in [0.05, 0.1) is 23.8 Å². The Morgan fingerprint density at radius 2 is 2.06 bits per heavy atom. The fourth-order valence-electron chi connectivity index (χ4n) is 4.57. The molecule has 0 atom stereocenters. The number of likely N-dealkylation sites (tertiary alicyclic amines) is 1. The van der Waals surface area contributed by atoms with Crippen molar-refractivity contribution in [3.05, 3.63) is 45.9 Å². The lowest BCUT2D eigenvalue weighted by atomic mass is 9.89. The first-order valence-electron chi connectivity index (χ1n) is 11.9. The summed E-state index contributed by atoms with van der Waals surface area (Å²) in [6, 6.07) is 7.89. The van der Waals surface area contributed by atoms with Crippen LogP contribution in [0.2, 0.25) is 0 Å². The number of rotatable bonds is 8. The molecule has 2 aliphatic heterocycles. The highest BCUT2D eigenvalue weighted by Gasteiger charge is 2.41. The number of morpholine rings is 1. The van der Waals surface area contributed by atoms with E-state index >= 15 is 0 Å². The molecule has 0 bridgehead atoms. The number of aliphatic hydroxyl groups excluding tert-OH is 1. The maximum Gasteiger partial charge on any atom is 0.273 e. The van der Waals surface area contributed by atoms with Crippen molar-refractivity contribution in [3.63, 3.8) is 0 Å². The minimum atomic E-state index is -0.254. The van der Waals surface area contributed by atoms with Crippen molar-refractivity contribution in [1.82, 2.24) is 14.8 Å². The monoisotopic (exact) mass is 473 g/mol. The molecule has 0 unspecified atom stereocenters. The molecule has 1 aromatic carbocycles. The molecule has 2 fully saturated rings. The molecule has 1 amide bonds. The van der Waals surface area contributed by atoms with E-state index in [1.807, 2.05) is 34.5 Å². The van der Waals surface area contributed by atoms with Gasteiger partial charge in [-0.25, -0.2) is 4.98 Å². The maximum atomic E-state index is 13.0. The van der Waals surface area contributed by atoms with Crippen LogP contribution in [0.25, 0.3) is 0 Å². The predicted molar refractivity (Wildman–Crippen MR) is 129 cm³/mol. The van der Waals surface area contributed by atoms with E-state index in [1.165, 1.54) is 0 Å². The number of aromatic nitrogens is 1. The Morgan fingerprint density at radius 1 is 1.27 bits per heavy atom. The standard InChI is InChI=1S/C25H35N3O4S/c1-19(2)23-26-21(17-33-23)24(30)28-13-16-32-25(18-28)8-10-27(11-9-25)12-15-31-22-6-4-3-5-20(22)7-14-29/h3-6,17,19,29H,7-16,18H2,1-2H3. The molecule has 2 aromatic rings. The molecule has 4 rings (SSSR count). The smallest absolute Gasteiger partial charge is 0.273 e. The van der Waals surface area contributed by atoms with Crippen LogP contribution in [0.15, 0.2) is 29.6 Å². The summed E-state index contributed by atoms with van der Waals surface area (Å²) >= 11 is 1.57. The molecular weight excluding hydrogens is 438 g/mol.